The number of halogens is 2. The topological polar surface area (TPSA) is 63.3 Å². The van der Waals surface area contributed by atoms with E-state index in [0.717, 1.165) is 6.08 Å². The van der Waals surface area contributed by atoms with Gasteiger partial charge in [0.15, 0.2) is 0 Å². The summed E-state index contributed by atoms with van der Waals surface area (Å²) in [6.07, 6.45) is 0.949. The van der Waals surface area contributed by atoms with Crippen LogP contribution >= 0.6 is 0 Å². The summed E-state index contributed by atoms with van der Waals surface area (Å²) >= 11 is 0. The zero-order valence-electron chi connectivity index (χ0n) is 7.92. The minimum Gasteiger partial charge on any atom is -0.477 e. The van der Waals surface area contributed by atoms with Crippen molar-refractivity contribution >= 4 is 12.0 Å². The molecular weight excluding hydrogens is 204 g/mol. The van der Waals surface area contributed by atoms with Gasteiger partial charge in [-0.05, 0) is 24.6 Å². The average molecular weight is 213 g/mol. The number of nitrogens with two attached hydrogens (primary N) is 1. The van der Waals surface area contributed by atoms with Gasteiger partial charge in [0.25, 0.3) is 0 Å². The van der Waals surface area contributed by atoms with Crippen LogP contribution in [0.15, 0.2) is 17.8 Å². The first-order valence-corrected chi connectivity index (χ1v) is 4.08. The molecule has 0 aliphatic rings. The Morgan fingerprint density at radius 2 is 2.00 bits per heavy atom. The molecule has 0 radical (unpaired) electrons. The molecule has 1 aromatic carbocycles. The second-order valence-electron chi connectivity index (χ2n) is 3.03. The van der Waals surface area contributed by atoms with Crippen LogP contribution in [-0.2, 0) is 4.79 Å². The lowest BCUT2D eigenvalue weighted by Crippen LogP contribution is -2.09. The zero-order chi connectivity index (χ0) is 11.6. The Kier molecular flexibility index (Phi) is 3.04. The molecule has 0 atom stereocenters. The van der Waals surface area contributed by atoms with Crippen LogP contribution < -0.4 is 5.73 Å². The lowest BCUT2D eigenvalue weighted by Gasteiger charge is -2.01. The van der Waals surface area contributed by atoms with Crippen LogP contribution in [0.25, 0.3) is 6.08 Å². The lowest BCUT2D eigenvalue weighted by molar-refractivity contribution is -0.132. The van der Waals surface area contributed by atoms with Crippen molar-refractivity contribution in [2.75, 3.05) is 0 Å². The molecular formula is C10H9F2NO2. The van der Waals surface area contributed by atoms with Crippen LogP contribution in [0, 0.1) is 18.6 Å². The van der Waals surface area contributed by atoms with Crippen molar-refractivity contribution in [2.24, 2.45) is 5.73 Å². The van der Waals surface area contributed by atoms with Gasteiger partial charge in [-0.25, -0.2) is 13.6 Å². The number of rotatable bonds is 2. The third-order valence-corrected chi connectivity index (χ3v) is 1.84. The third kappa shape index (κ3) is 2.52. The molecule has 0 heterocycles. The summed E-state index contributed by atoms with van der Waals surface area (Å²) in [6, 6.07) is 1.89. The summed E-state index contributed by atoms with van der Waals surface area (Å²) in [6.45, 7) is 1.45. The van der Waals surface area contributed by atoms with Crippen LogP contribution in [0.2, 0.25) is 0 Å². The number of aryl methyl sites for hydroxylation is 1. The van der Waals surface area contributed by atoms with Crippen LogP contribution in [0.3, 0.4) is 0 Å². The Morgan fingerprint density at radius 1 is 1.40 bits per heavy atom. The molecule has 0 aliphatic carbocycles. The van der Waals surface area contributed by atoms with Gasteiger partial charge in [0, 0.05) is 11.6 Å². The van der Waals surface area contributed by atoms with E-state index in [0.29, 0.717) is 6.07 Å². The summed E-state index contributed by atoms with van der Waals surface area (Å²) in [5.74, 6) is -2.88. The van der Waals surface area contributed by atoms with Gasteiger partial charge in [-0.15, -0.1) is 0 Å². The van der Waals surface area contributed by atoms with E-state index in [1.807, 2.05) is 0 Å². The van der Waals surface area contributed by atoms with Crippen molar-refractivity contribution in [1.82, 2.24) is 0 Å². The Balaban J connectivity index is 3.22. The predicted octanol–water partition coefficient (Wildman–Crippen LogP) is 1.66. The van der Waals surface area contributed by atoms with E-state index in [1.165, 1.54) is 13.0 Å². The van der Waals surface area contributed by atoms with Gasteiger partial charge in [-0.1, -0.05) is 0 Å². The summed E-state index contributed by atoms with van der Waals surface area (Å²) < 4.78 is 26.0. The van der Waals surface area contributed by atoms with Gasteiger partial charge >= 0.3 is 5.97 Å². The minimum absolute atomic E-state index is 0.0474. The molecule has 1 rings (SSSR count). The van der Waals surface area contributed by atoms with E-state index in [2.05, 4.69) is 0 Å². The summed E-state index contributed by atoms with van der Waals surface area (Å²) in [7, 11) is 0. The second kappa shape index (κ2) is 4.08. The van der Waals surface area contributed by atoms with E-state index in [-0.39, 0.29) is 11.1 Å². The van der Waals surface area contributed by atoms with Gasteiger partial charge in [0.1, 0.15) is 17.3 Å². The molecule has 0 amide bonds. The minimum atomic E-state index is -1.35. The van der Waals surface area contributed by atoms with Crippen molar-refractivity contribution < 1.29 is 18.7 Å². The Morgan fingerprint density at radius 3 is 2.53 bits per heavy atom. The molecule has 3 nitrogen and oxygen atoms in total. The van der Waals surface area contributed by atoms with Crippen LogP contribution in [-0.4, -0.2) is 11.1 Å². The molecule has 80 valence electrons. The highest BCUT2D eigenvalue weighted by atomic mass is 19.1. The van der Waals surface area contributed by atoms with Crippen molar-refractivity contribution in [3.05, 3.63) is 40.6 Å². The lowest BCUT2D eigenvalue weighted by atomic mass is 10.1. The maximum absolute atomic E-state index is 13.1. The molecule has 0 spiro atoms. The Hall–Kier alpha value is -1.91. The highest BCUT2D eigenvalue weighted by molar-refractivity contribution is 5.91. The first-order valence-electron chi connectivity index (χ1n) is 4.08. The number of hydrogen-bond donors (Lipinski definition) is 2. The van der Waals surface area contributed by atoms with Crippen LogP contribution in [0.4, 0.5) is 8.78 Å². The molecule has 1 aromatic rings. The fraction of sp³-hybridized carbons (Fsp3) is 0.100. The maximum Gasteiger partial charge on any atom is 0.351 e. The highest BCUT2D eigenvalue weighted by Gasteiger charge is 2.08. The van der Waals surface area contributed by atoms with Crippen LogP contribution in [0.5, 0.6) is 0 Å². The van der Waals surface area contributed by atoms with Gasteiger partial charge in [0.2, 0.25) is 0 Å². The molecule has 0 aliphatic heterocycles. The fourth-order valence-corrected chi connectivity index (χ4v) is 1.02. The van der Waals surface area contributed by atoms with Gasteiger partial charge < -0.3 is 10.8 Å². The van der Waals surface area contributed by atoms with E-state index < -0.39 is 23.3 Å². The molecule has 0 aromatic heterocycles. The van der Waals surface area contributed by atoms with Crippen LogP contribution in [0.1, 0.15) is 11.1 Å². The highest BCUT2D eigenvalue weighted by Crippen LogP contribution is 2.16. The first kappa shape index (κ1) is 11.2. The first-order chi connectivity index (χ1) is 6.91. The van der Waals surface area contributed by atoms with E-state index in [1.54, 1.807) is 0 Å². The molecule has 5 heteroatoms. The van der Waals surface area contributed by atoms with Crippen molar-refractivity contribution in [1.29, 1.82) is 0 Å². The molecule has 3 N–H and O–H groups in total. The fourth-order valence-electron chi connectivity index (χ4n) is 1.02. The van der Waals surface area contributed by atoms with Crippen molar-refractivity contribution in [2.45, 2.75) is 6.92 Å². The standard InChI is InChI=1S/C10H9F2NO2/c1-5-2-6(3-9(13)10(14)15)8(12)4-7(5)11/h2-4H,13H2,1H3,(H,14,15)/b9-3+. The number of carbonyl (C=O) groups is 1. The zero-order valence-corrected chi connectivity index (χ0v) is 7.92. The van der Waals surface area contributed by atoms with E-state index >= 15 is 0 Å². The van der Waals surface area contributed by atoms with E-state index in [4.69, 9.17) is 10.8 Å². The molecule has 0 saturated carbocycles. The molecule has 0 bridgehead atoms. The average Bonchev–Trinajstić information content (AvgIpc) is 2.13. The predicted molar refractivity (Wildman–Crippen MR) is 50.9 cm³/mol. The number of carboxylic acid groups (broad SMARTS) is 1. The van der Waals surface area contributed by atoms with Gasteiger partial charge in [0.05, 0.1) is 0 Å². The number of carboxylic acids is 1. The number of benzene rings is 1. The van der Waals surface area contributed by atoms with Gasteiger partial charge in [-0.2, -0.15) is 0 Å². The largest absolute Gasteiger partial charge is 0.477 e. The third-order valence-electron chi connectivity index (χ3n) is 1.84. The summed E-state index contributed by atoms with van der Waals surface area (Å²) in [5.41, 5.74) is 4.78. The van der Waals surface area contributed by atoms with Crippen molar-refractivity contribution in [3.8, 4) is 0 Å². The van der Waals surface area contributed by atoms with Gasteiger partial charge in [-0.3, -0.25) is 0 Å². The number of aliphatic carboxylic acids is 1. The molecule has 15 heavy (non-hydrogen) atoms. The Labute approximate surface area is 84.8 Å². The maximum atomic E-state index is 13.1. The van der Waals surface area contributed by atoms with Crippen molar-refractivity contribution in [3.63, 3.8) is 0 Å². The SMILES string of the molecule is Cc1cc(/C=C(/N)C(=O)O)c(F)cc1F. The molecule has 0 fully saturated rings. The Bertz CT molecular complexity index is 441. The summed E-state index contributed by atoms with van der Waals surface area (Å²) in [5, 5.41) is 8.47. The smallest absolute Gasteiger partial charge is 0.351 e. The second-order valence-corrected chi connectivity index (χ2v) is 3.03. The molecule has 0 saturated heterocycles. The normalized spacial score (nSPS) is 11.5. The molecule has 0 unspecified atom stereocenters. The van der Waals surface area contributed by atoms with E-state index in [9.17, 15) is 13.6 Å². The monoisotopic (exact) mass is 213 g/mol. The number of hydrogen-bond acceptors (Lipinski definition) is 2. The quantitative estimate of drug-likeness (QED) is 0.734. The summed E-state index contributed by atoms with van der Waals surface area (Å²) in [4.78, 5) is 10.4.